The van der Waals surface area contributed by atoms with Gasteiger partial charge in [0.25, 0.3) is 0 Å². The van der Waals surface area contributed by atoms with Gasteiger partial charge in [0.2, 0.25) is 0 Å². The summed E-state index contributed by atoms with van der Waals surface area (Å²) in [5, 5.41) is 2.35. The number of hydrogen-bond acceptors (Lipinski definition) is 6. The van der Waals surface area contributed by atoms with E-state index in [9.17, 15) is 9.59 Å². The average Bonchev–Trinajstić information content (AvgIpc) is 2.92. The van der Waals surface area contributed by atoms with Crippen LogP contribution in [-0.2, 0) is 19.6 Å². The molecule has 6 nitrogen and oxygen atoms in total. The number of hydrogen-bond donors (Lipinski definition) is 0. The summed E-state index contributed by atoms with van der Waals surface area (Å²) in [6.45, 7) is 20.5. The van der Waals surface area contributed by atoms with Crippen LogP contribution in [0.15, 0.2) is 73.1 Å². The smallest absolute Gasteiger partial charge is 0.292 e. The van der Waals surface area contributed by atoms with E-state index in [1.807, 2.05) is 42.6 Å². The fraction of sp³-hybridized carbons (Fsp3) is 0.400. The van der Waals surface area contributed by atoms with E-state index in [2.05, 4.69) is 46.3 Å². The second-order valence-corrected chi connectivity index (χ2v) is 20.5. The zero-order valence-electron chi connectivity index (χ0n) is 23.4. The molecule has 0 N–H and O–H groups in total. The van der Waals surface area contributed by atoms with Crippen molar-refractivity contribution >= 4 is 38.5 Å². The van der Waals surface area contributed by atoms with Crippen molar-refractivity contribution in [1.29, 1.82) is 0 Å². The molecule has 3 rings (SSSR count). The molecule has 0 heterocycles. The van der Waals surface area contributed by atoms with Gasteiger partial charge in [-0.05, 0) is 56.4 Å². The first-order valence-electron chi connectivity index (χ1n) is 13.1. The third kappa shape index (κ3) is 6.99. The number of benzene rings is 2. The lowest BCUT2D eigenvalue weighted by Crippen LogP contribution is -2.48. The van der Waals surface area contributed by atoms with Crippen molar-refractivity contribution in [2.75, 3.05) is 0 Å². The molecule has 1 aliphatic rings. The summed E-state index contributed by atoms with van der Waals surface area (Å²) in [7, 11) is -3.44. The Kier molecular flexibility index (Phi) is 9.36. The Morgan fingerprint density at radius 2 is 1.29 bits per heavy atom. The third-order valence-electron chi connectivity index (χ3n) is 7.73. The van der Waals surface area contributed by atoms with Crippen molar-refractivity contribution < 1.29 is 29.1 Å². The van der Waals surface area contributed by atoms with Crippen molar-refractivity contribution in [2.24, 2.45) is 5.92 Å². The molecule has 204 valence electrons. The van der Waals surface area contributed by atoms with Gasteiger partial charge in [-0.3, -0.25) is 9.78 Å². The summed E-state index contributed by atoms with van der Waals surface area (Å²) < 4.78 is 0. The van der Waals surface area contributed by atoms with Crippen LogP contribution in [0.3, 0.4) is 0 Å². The second-order valence-electron chi connectivity index (χ2n) is 11.6. The van der Waals surface area contributed by atoms with Crippen molar-refractivity contribution in [3.8, 4) is 0 Å². The van der Waals surface area contributed by atoms with Crippen LogP contribution in [0.4, 0.5) is 0 Å². The SMILES string of the molecule is C=C[Si](C)(C)c1ccc(C(=O)OOC2CC(C)CCC2(C)OOC(=O)c2ccc([Si](C)(C)C=C)cc2)cc1. The predicted octanol–water partition coefficient (Wildman–Crippen LogP) is 5.79. The lowest BCUT2D eigenvalue weighted by molar-refractivity contribution is -0.388. The van der Waals surface area contributed by atoms with Crippen LogP contribution >= 0.6 is 0 Å². The number of carbonyl (C=O) groups is 2. The van der Waals surface area contributed by atoms with E-state index in [0.717, 1.165) is 6.42 Å². The van der Waals surface area contributed by atoms with E-state index in [1.165, 1.54) is 10.4 Å². The second kappa shape index (κ2) is 11.9. The molecule has 0 amide bonds. The highest BCUT2D eigenvalue weighted by molar-refractivity contribution is 6.94. The summed E-state index contributed by atoms with van der Waals surface area (Å²) in [4.78, 5) is 47.2. The Balaban J connectivity index is 1.63. The first-order valence-corrected chi connectivity index (χ1v) is 19.2. The van der Waals surface area contributed by atoms with Crippen LogP contribution in [0, 0.1) is 5.92 Å². The van der Waals surface area contributed by atoms with Crippen LogP contribution in [0.1, 0.15) is 53.8 Å². The first kappa shape index (κ1) is 29.8. The molecule has 0 saturated heterocycles. The standard InChI is InChI=1S/C30H40O6Si2/c1-9-37(5,6)25-15-11-23(12-16-25)28(31)34-33-27-21-22(3)19-20-30(27,4)36-35-29(32)24-13-17-26(18-14-24)38(7,8)10-2/h9-18,22,27H,1-2,19-21H2,3-8H3. The van der Waals surface area contributed by atoms with Gasteiger partial charge in [0.15, 0.2) is 0 Å². The summed E-state index contributed by atoms with van der Waals surface area (Å²) in [5.41, 5.74) is 3.82. The Hall–Kier alpha value is -2.79. The van der Waals surface area contributed by atoms with Crippen LogP contribution in [0.5, 0.6) is 0 Å². The molecule has 2 aromatic carbocycles. The van der Waals surface area contributed by atoms with E-state index in [0.29, 0.717) is 29.9 Å². The summed E-state index contributed by atoms with van der Waals surface area (Å²) in [5.74, 6) is -0.837. The minimum Gasteiger partial charge on any atom is -0.292 e. The van der Waals surface area contributed by atoms with Crippen molar-refractivity contribution in [2.45, 2.75) is 71.0 Å². The zero-order valence-corrected chi connectivity index (χ0v) is 25.4. The molecule has 2 aromatic rings. The molecule has 1 saturated carbocycles. The zero-order chi connectivity index (χ0) is 28.1. The lowest BCUT2D eigenvalue weighted by atomic mass is 9.78. The van der Waals surface area contributed by atoms with E-state index in [1.54, 1.807) is 24.3 Å². The Morgan fingerprint density at radius 1 is 0.842 bits per heavy atom. The molecule has 3 unspecified atom stereocenters. The van der Waals surface area contributed by atoms with Crippen LogP contribution in [0.2, 0.25) is 26.2 Å². The van der Waals surface area contributed by atoms with Crippen LogP contribution in [0.25, 0.3) is 0 Å². The van der Waals surface area contributed by atoms with Gasteiger partial charge in [-0.1, -0.05) is 79.1 Å². The Bertz CT molecular complexity index is 1160. The maximum atomic E-state index is 12.7. The molecule has 8 heteroatoms. The lowest BCUT2D eigenvalue weighted by Gasteiger charge is -2.39. The fourth-order valence-electron chi connectivity index (χ4n) is 4.30. The van der Waals surface area contributed by atoms with Gasteiger partial charge in [0, 0.05) is 0 Å². The third-order valence-corrected chi connectivity index (χ3v) is 13.4. The monoisotopic (exact) mass is 552 g/mol. The van der Waals surface area contributed by atoms with Crippen LogP contribution < -0.4 is 10.4 Å². The van der Waals surface area contributed by atoms with Crippen molar-refractivity contribution in [3.63, 3.8) is 0 Å². The topological polar surface area (TPSA) is 71.1 Å². The fourth-order valence-corrected chi connectivity index (χ4v) is 6.82. The average molecular weight is 553 g/mol. The minimum absolute atomic E-state index is 0.335. The van der Waals surface area contributed by atoms with Crippen LogP contribution in [-0.4, -0.2) is 39.8 Å². The molecule has 0 bridgehead atoms. The molecule has 0 aromatic heterocycles. The molecule has 1 aliphatic carbocycles. The van der Waals surface area contributed by atoms with Gasteiger partial charge in [-0.15, -0.1) is 13.2 Å². The molecule has 0 radical (unpaired) electrons. The highest BCUT2D eigenvalue weighted by Gasteiger charge is 2.45. The maximum absolute atomic E-state index is 12.7. The van der Waals surface area contributed by atoms with Gasteiger partial charge in [-0.2, -0.15) is 9.78 Å². The molecule has 3 atom stereocenters. The predicted molar refractivity (Wildman–Crippen MR) is 156 cm³/mol. The van der Waals surface area contributed by atoms with Gasteiger partial charge in [-0.25, -0.2) is 9.59 Å². The Morgan fingerprint density at radius 3 is 1.74 bits per heavy atom. The normalized spacial score (nSPS) is 21.8. The molecule has 38 heavy (non-hydrogen) atoms. The molecule has 0 aliphatic heterocycles. The summed E-state index contributed by atoms with van der Waals surface area (Å²) in [6.07, 6.45) is 1.44. The molecular weight excluding hydrogens is 512 g/mol. The number of rotatable bonds is 10. The summed E-state index contributed by atoms with van der Waals surface area (Å²) >= 11 is 0. The minimum atomic E-state index is -1.72. The number of carbonyl (C=O) groups excluding carboxylic acids is 2. The molecular formula is C30H40O6Si2. The molecule has 0 spiro atoms. The van der Waals surface area contributed by atoms with E-state index in [4.69, 9.17) is 19.6 Å². The van der Waals surface area contributed by atoms with E-state index >= 15 is 0 Å². The van der Waals surface area contributed by atoms with E-state index < -0.39 is 39.8 Å². The quantitative estimate of drug-likeness (QED) is 0.211. The van der Waals surface area contributed by atoms with Crippen molar-refractivity contribution in [3.05, 3.63) is 84.2 Å². The Labute approximate surface area is 228 Å². The maximum Gasteiger partial charge on any atom is 0.373 e. The highest BCUT2D eigenvalue weighted by atomic mass is 28.3. The van der Waals surface area contributed by atoms with Gasteiger partial charge in [0.05, 0.1) is 11.1 Å². The van der Waals surface area contributed by atoms with E-state index in [-0.39, 0.29) is 0 Å². The summed E-state index contributed by atoms with van der Waals surface area (Å²) in [6, 6.07) is 14.7. The van der Waals surface area contributed by atoms with Gasteiger partial charge in [0.1, 0.15) is 27.9 Å². The van der Waals surface area contributed by atoms with Gasteiger partial charge >= 0.3 is 11.9 Å². The highest BCUT2D eigenvalue weighted by Crippen LogP contribution is 2.37. The largest absolute Gasteiger partial charge is 0.373 e. The molecule has 1 fully saturated rings. The van der Waals surface area contributed by atoms with Gasteiger partial charge < -0.3 is 0 Å². The first-order chi connectivity index (χ1) is 17.8. The van der Waals surface area contributed by atoms with Crippen molar-refractivity contribution in [1.82, 2.24) is 0 Å².